The number of ether oxygens (including phenoxy) is 2. The van der Waals surface area contributed by atoms with Crippen LogP contribution in [-0.2, 0) is 9.47 Å². The van der Waals surface area contributed by atoms with Crippen molar-refractivity contribution in [2.75, 3.05) is 0 Å². The number of carbonyl (C=O) groups is 2. The standard InChI is InChI=1S/C17H17NO5/c1-17(2)22-12-8-7-11(13(19)14(12)23-17)18-15(20)9-5-3-4-6-10(9)16(18)21/h3-8,11-14,19H,1-2H3/t11-,12-,13-,14-/m1/s1. The van der Waals surface area contributed by atoms with Gasteiger partial charge in [0.15, 0.2) is 5.79 Å². The Bertz CT molecular complexity index is 690. The normalized spacial score (nSPS) is 34.7. The highest BCUT2D eigenvalue weighted by molar-refractivity contribution is 6.21. The van der Waals surface area contributed by atoms with Crippen LogP contribution in [-0.4, -0.2) is 52.0 Å². The van der Waals surface area contributed by atoms with E-state index in [-0.39, 0.29) is 6.10 Å². The molecule has 2 amide bonds. The molecule has 23 heavy (non-hydrogen) atoms. The third kappa shape index (κ3) is 2.06. The number of rotatable bonds is 1. The largest absolute Gasteiger partial charge is 0.388 e. The maximum atomic E-state index is 12.6. The van der Waals surface area contributed by atoms with Gasteiger partial charge in [-0.1, -0.05) is 24.3 Å². The Morgan fingerprint density at radius 1 is 1.04 bits per heavy atom. The van der Waals surface area contributed by atoms with E-state index in [9.17, 15) is 14.7 Å². The average molecular weight is 315 g/mol. The summed E-state index contributed by atoms with van der Waals surface area (Å²) >= 11 is 0. The molecule has 2 aliphatic heterocycles. The van der Waals surface area contributed by atoms with Crippen molar-refractivity contribution in [2.24, 2.45) is 0 Å². The van der Waals surface area contributed by atoms with Crippen molar-refractivity contribution >= 4 is 11.8 Å². The molecule has 0 aromatic heterocycles. The van der Waals surface area contributed by atoms with Gasteiger partial charge in [0.05, 0.1) is 17.2 Å². The second-order valence-electron chi connectivity index (χ2n) is 6.46. The molecule has 4 rings (SSSR count). The lowest BCUT2D eigenvalue weighted by Gasteiger charge is -2.34. The number of benzene rings is 1. The summed E-state index contributed by atoms with van der Waals surface area (Å²) in [6.45, 7) is 3.53. The van der Waals surface area contributed by atoms with Gasteiger partial charge in [-0.3, -0.25) is 14.5 Å². The van der Waals surface area contributed by atoms with Gasteiger partial charge >= 0.3 is 0 Å². The maximum absolute atomic E-state index is 12.6. The fourth-order valence-electron chi connectivity index (χ4n) is 3.48. The molecule has 4 atom stereocenters. The number of nitrogens with zero attached hydrogens (tertiary/aromatic N) is 1. The van der Waals surface area contributed by atoms with Crippen LogP contribution in [0.3, 0.4) is 0 Å². The number of hydrogen-bond donors (Lipinski definition) is 1. The Hall–Kier alpha value is -2.02. The lowest BCUT2D eigenvalue weighted by molar-refractivity contribution is -0.154. The Balaban J connectivity index is 1.67. The van der Waals surface area contributed by atoms with E-state index in [0.29, 0.717) is 11.1 Å². The van der Waals surface area contributed by atoms with Crippen LogP contribution in [0.25, 0.3) is 0 Å². The fourth-order valence-corrected chi connectivity index (χ4v) is 3.48. The van der Waals surface area contributed by atoms with Crippen molar-refractivity contribution in [1.82, 2.24) is 4.90 Å². The van der Waals surface area contributed by atoms with Crippen molar-refractivity contribution < 1.29 is 24.2 Å². The second kappa shape index (κ2) is 4.74. The number of fused-ring (bicyclic) bond motifs is 2. The molecular weight excluding hydrogens is 298 g/mol. The van der Waals surface area contributed by atoms with Crippen LogP contribution in [0.15, 0.2) is 36.4 Å². The van der Waals surface area contributed by atoms with Gasteiger partial charge in [0.1, 0.15) is 18.3 Å². The Labute approximate surface area is 133 Å². The number of carbonyl (C=O) groups excluding carboxylic acids is 2. The molecule has 1 aliphatic carbocycles. The first-order chi connectivity index (χ1) is 10.9. The molecule has 0 saturated carbocycles. The molecule has 0 bridgehead atoms. The summed E-state index contributed by atoms with van der Waals surface area (Å²) in [6.07, 6.45) is 1.38. The average Bonchev–Trinajstić information content (AvgIpc) is 2.96. The Kier molecular flexibility index (Phi) is 3.00. The first-order valence-corrected chi connectivity index (χ1v) is 7.58. The molecule has 1 saturated heterocycles. The molecule has 1 N–H and O–H groups in total. The van der Waals surface area contributed by atoms with Crippen LogP contribution in [0.1, 0.15) is 34.6 Å². The van der Waals surface area contributed by atoms with E-state index in [4.69, 9.17) is 9.47 Å². The zero-order valence-electron chi connectivity index (χ0n) is 12.8. The first-order valence-electron chi connectivity index (χ1n) is 7.58. The maximum Gasteiger partial charge on any atom is 0.262 e. The highest BCUT2D eigenvalue weighted by atomic mass is 16.8. The Morgan fingerprint density at radius 2 is 1.65 bits per heavy atom. The van der Waals surface area contributed by atoms with Crippen LogP contribution < -0.4 is 0 Å². The smallest absolute Gasteiger partial charge is 0.262 e. The number of imide groups is 1. The number of aliphatic hydroxyl groups is 1. The van der Waals surface area contributed by atoms with E-state index < -0.39 is 35.9 Å². The molecule has 0 spiro atoms. The van der Waals surface area contributed by atoms with Gasteiger partial charge in [-0.2, -0.15) is 0 Å². The summed E-state index contributed by atoms with van der Waals surface area (Å²) in [5.41, 5.74) is 0.730. The minimum absolute atomic E-state index is 0.365. The van der Waals surface area contributed by atoms with Gasteiger partial charge in [-0.05, 0) is 26.0 Å². The number of amides is 2. The number of hydrogen-bond acceptors (Lipinski definition) is 5. The third-order valence-electron chi connectivity index (χ3n) is 4.47. The van der Waals surface area contributed by atoms with Crippen molar-refractivity contribution in [3.63, 3.8) is 0 Å². The number of aliphatic hydroxyl groups excluding tert-OH is 1. The molecular formula is C17H17NO5. The van der Waals surface area contributed by atoms with Gasteiger partial charge in [0.25, 0.3) is 11.8 Å². The molecule has 2 heterocycles. The van der Waals surface area contributed by atoms with Crippen LogP contribution in [0.2, 0.25) is 0 Å². The molecule has 6 nitrogen and oxygen atoms in total. The molecule has 120 valence electrons. The zero-order chi connectivity index (χ0) is 16.4. The summed E-state index contributed by atoms with van der Waals surface area (Å²) in [5, 5.41) is 10.6. The van der Waals surface area contributed by atoms with E-state index in [1.165, 1.54) is 0 Å². The van der Waals surface area contributed by atoms with Crippen LogP contribution in [0, 0.1) is 0 Å². The zero-order valence-corrected chi connectivity index (χ0v) is 12.8. The summed E-state index contributed by atoms with van der Waals surface area (Å²) in [5.74, 6) is -1.59. The highest BCUT2D eigenvalue weighted by Gasteiger charge is 2.51. The lowest BCUT2D eigenvalue weighted by Crippen LogP contribution is -2.54. The fraction of sp³-hybridized carbons (Fsp3) is 0.412. The molecule has 1 aromatic rings. The quantitative estimate of drug-likeness (QED) is 0.620. The minimum atomic E-state index is -1.03. The van der Waals surface area contributed by atoms with Gasteiger partial charge < -0.3 is 14.6 Å². The van der Waals surface area contributed by atoms with E-state index in [2.05, 4.69) is 0 Å². The van der Waals surface area contributed by atoms with Crippen LogP contribution >= 0.6 is 0 Å². The van der Waals surface area contributed by atoms with E-state index in [1.54, 1.807) is 50.3 Å². The van der Waals surface area contributed by atoms with Crippen molar-refractivity contribution in [3.05, 3.63) is 47.5 Å². The van der Waals surface area contributed by atoms with E-state index in [0.717, 1.165) is 4.90 Å². The molecule has 1 fully saturated rings. The summed E-state index contributed by atoms with van der Waals surface area (Å²) in [6, 6.07) is 5.91. The predicted molar refractivity (Wildman–Crippen MR) is 79.7 cm³/mol. The molecule has 1 aromatic carbocycles. The van der Waals surface area contributed by atoms with E-state index >= 15 is 0 Å². The SMILES string of the molecule is CC1(C)O[C@H]2[C@H](O)[C@H](N3C(=O)c4ccccc4C3=O)C=C[C@H]2O1. The highest BCUT2D eigenvalue weighted by Crippen LogP contribution is 2.37. The Morgan fingerprint density at radius 3 is 2.26 bits per heavy atom. The first kappa shape index (κ1) is 14.6. The second-order valence-corrected chi connectivity index (χ2v) is 6.46. The monoisotopic (exact) mass is 315 g/mol. The molecule has 0 unspecified atom stereocenters. The molecule has 3 aliphatic rings. The molecule has 0 radical (unpaired) electrons. The molecule has 6 heteroatoms. The predicted octanol–water partition coefficient (Wildman–Crippen LogP) is 1.10. The van der Waals surface area contributed by atoms with Crippen LogP contribution in [0.5, 0.6) is 0 Å². The van der Waals surface area contributed by atoms with Crippen LogP contribution in [0.4, 0.5) is 0 Å². The lowest BCUT2D eigenvalue weighted by atomic mass is 9.93. The van der Waals surface area contributed by atoms with Crippen molar-refractivity contribution in [3.8, 4) is 0 Å². The van der Waals surface area contributed by atoms with Gasteiger partial charge in [0, 0.05) is 0 Å². The summed E-state index contributed by atoms with van der Waals surface area (Å²) in [7, 11) is 0. The van der Waals surface area contributed by atoms with Crippen molar-refractivity contribution in [1.29, 1.82) is 0 Å². The van der Waals surface area contributed by atoms with Gasteiger partial charge in [-0.25, -0.2) is 0 Å². The topological polar surface area (TPSA) is 76.1 Å². The van der Waals surface area contributed by atoms with Crippen molar-refractivity contribution in [2.45, 2.75) is 44.0 Å². The van der Waals surface area contributed by atoms with Gasteiger partial charge in [0.2, 0.25) is 0 Å². The van der Waals surface area contributed by atoms with Gasteiger partial charge in [-0.15, -0.1) is 0 Å². The summed E-state index contributed by atoms with van der Waals surface area (Å²) < 4.78 is 11.4. The summed E-state index contributed by atoms with van der Waals surface area (Å²) in [4.78, 5) is 26.2. The third-order valence-corrected chi connectivity index (χ3v) is 4.47. The van der Waals surface area contributed by atoms with E-state index in [1.807, 2.05) is 0 Å². The minimum Gasteiger partial charge on any atom is -0.388 e.